The van der Waals surface area contributed by atoms with E-state index >= 15 is 0 Å². The monoisotopic (exact) mass is 428 g/mol. The average molecular weight is 429 g/mol. The molecule has 0 bridgehead atoms. The number of hydrogen-bond donors (Lipinski definition) is 1. The third-order valence-electron chi connectivity index (χ3n) is 5.40. The Bertz CT molecular complexity index is 876. The fraction of sp³-hybridized carbons (Fsp3) is 0.545. The van der Waals surface area contributed by atoms with Crippen molar-refractivity contribution >= 4 is 17.5 Å². The number of aryl methyl sites for hydroxylation is 2. The van der Waals surface area contributed by atoms with Crippen molar-refractivity contribution < 1.29 is 14.1 Å². The highest BCUT2D eigenvalue weighted by molar-refractivity contribution is 5.93. The topological polar surface area (TPSA) is 94.8 Å². The van der Waals surface area contributed by atoms with Gasteiger partial charge in [-0.1, -0.05) is 37.2 Å². The molecule has 1 saturated heterocycles. The van der Waals surface area contributed by atoms with E-state index in [0.717, 1.165) is 24.1 Å². The number of hydrogen-bond acceptors (Lipinski definition) is 7. The molecule has 1 aromatic heterocycles. The van der Waals surface area contributed by atoms with Crippen molar-refractivity contribution in [2.75, 3.05) is 51.6 Å². The summed E-state index contributed by atoms with van der Waals surface area (Å²) in [6.07, 6.45) is 1.59. The third-order valence-corrected chi connectivity index (χ3v) is 5.40. The van der Waals surface area contributed by atoms with Gasteiger partial charge in [0.25, 0.3) is 0 Å². The maximum atomic E-state index is 12.6. The van der Waals surface area contributed by atoms with E-state index in [1.165, 1.54) is 0 Å². The Labute approximate surface area is 183 Å². The van der Waals surface area contributed by atoms with Gasteiger partial charge in [0.15, 0.2) is 5.82 Å². The summed E-state index contributed by atoms with van der Waals surface area (Å²) in [7, 11) is 1.86. The largest absolute Gasteiger partial charge is 0.339 e. The lowest BCUT2D eigenvalue weighted by Gasteiger charge is -2.35. The predicted molar refractivity (Wildman–Crippen MR) is 117 cm³/mol. The first-order valence-electron chi connectivity index (χ1n) is 10.9. The normalized spacial score (nSPS) is 14.8. The number of rotatable bonds is 9. The fourth-order valence-corrected chi connectivity index (χ4v) is 3.61. The summed E-state index contributed by atoms with van der Waals surface area (Å²) in [5.41, 5.74) is 2.00. The minimum absolute atomic E-state index is 0.0218. The van der Waals surface area contributed by atoms with E-state index in [2.05, 4.69) is 27.3 Å². The second-order valence-corrected chi connectivity index (χ2v) is 7.85. The van der Waals surface area contributed by atoms with Gasteiger partial charge in [0, 0.05) is 38.3 Å². The van der Waals surface area contributed by atoms with E-state index in [0.29, 0.717) is 51.0 Å². The first-order valence-corrected chi connectivity index (χ1v) is 10.9. The smallest absolute Gasteiger partial charge is 0.240 e. The molecule has 31 heavy (non-hydrogen) atoms. The molecule has 0 atom stereocenters. The molecule has 2 amide bonds. The SMILES string of the molecule is CCc1noc(CN(C)CC(=O)N2CCN(CC(=O)Nc3ccccc3CC)CC2)n1. The van der Waals surface area contributed by atoms with Crippen LogP contribution in [0.1, 0.15) is 31.1 Å². The zero-order chi connectivity index (χ0) is 22.2. The second-order valence-electron chi connectivity index (χ2n) is 7.85. The molecule has 1 aromatic carbocycles. The van der Waals surface area contributed by atoms with Crippen LogP contribution in [-0.4, -0.2) is 83.0 Å². The number of benzene rings is 1. The maximum absolute atomic E-state index is 12.6. The van der Waals surface area contributed by atoms with E-state index in [1.54, 1.807) is 0 Å². The zero-order valence-corrected chi connectivity index (χ0v) is 18.6. The van der Waals surface area contributed by atoms with Gasteiger partial charge in [-0.25, -0.2) is 0 Å². The summed E-state index contributed by atoms with van der Waals surface area (Å²) < 4.78 is 5.19. The van der Waals surface area contributed by atoms with E-state index in [4.69, 9.17) is 4.52 Å². The summed E-state index contributed by atoms with van der Waals surface area (Å²) in [6, 6.07) is 7.86. The first-order chi connectivity index (χ1) is 15.0. The number of amides is 2. The fourth-order valence-electron chi connectivity index (χ4n) is 3.61. The van der Waals surface area contributed by atoms with E-state index in [1.807, 2.05) is 48.0 Å². The summed E-state index contributed by atoms with van der Waals surface area (Å²) in [5, 5.41) is 6.89. The van der Waals surface area contributed by atoms with Crippen LogP contribution in [0.3, 0.4) is 0 Å². The van der Waals surface area contributed by atoms with Gasteiger partial charge in [-0.05, 0) is 25.1 Å². The first kappa shape index (κ1) is 22.9. The van der Waals surface area contributed by atoms with Gasteiger partial charge in [0.05, 0.1) is 19.6 Å². The Morgan fingerprint density at radius 1 is 1.13 bits per heavy atom. The lowest BCUT2D eigenvalue weighted by Crippen LogP contribution is -2.52. The zero-order valence-electron chi connectivity index (χ0n) is 18.6. The number of piperazine rings is 1. The van der Waals surface area contributed by atoms with Crippen LogP contribution >= 0.6 is 0 Å². The van der Waals surface area contributed by atoms with Gasteiger partial charge in [0.1, 0.15) is 0 Å². The number of aromatic nitrogens is 2. The van der Waals surface area contributed by atoms with Crippen molar-refractivity contribution in [2.24, 2.45) is 0 Å². The number of carbonyl (C=O) groups excluding carboxylic acids is 2. The van der Waals surface area contributed by atoms with E-state index in [9.17, 15) is 9.59 Å². The molecular weight excluding hydrogens is 396 g/mol. The van der Waals surface area contributed by atoms with Crippen molar-refractivity contribution in [2.45, 2.75) is 33.2 Å². The van der Waals surface area contributed by atoms with Crippen LogP contribution < -0.4 is 5.32 Å². The highest BCUT2D eigenvalue weighted by Gasteiger charge is 2.23. The Balaban J connectivity index is 1.40. The number of carbonyl (C=O) groups is 2. The molecule has 3 rings (SSSR count). The quantitative estimate of drug-likeness (QED) is 0.645. The maximum Gasteiger partial charge on any atom is 0.240 e. The summed E-state index contributed by atoms with van der Waals surface area (Å²) in [6.45, 7) is 7.70. The van der Waals surface area contributed by atoms with Crippen molar-refractivity contribution in [1.82, 2.24) is 24.8 Å². The molecule has 9 heteroatoms. The third kappa shape index (κ3) is 6.60. The van der Waals surface area contributed by atoms with Crippen molar-refractivity contribution in [3.05, 3.63) is 41.5 Å². The minimum atomic E-state index is -0.0218. The Kier molecular flexibility index (Phi) is 8.13. The lowest BCUT2D eigenvalue weighted by atomic mass is 10.1. The van der Waals surface area contributed by atoms with Gasteiger partial charge < -0.3 is 14.7 Å². The van der Waals surface area contributed by atoms with Gasteiger partial charge in [0.2, 0.25) is 17.7 Å². The molecule has 0 unspecified atom stereocenters. The molecule has 1 N–H and O–H groups in total. The van der Waals surface area contributed by atoms with Crippen LogP contribution in [-0.2, 0) is 29.0 Å². The van der Waals surface area contributed by atoms with Crippen molar-refractivity contribution in [1.29, 1.82) is 0 Å². The summed E-state index contributed by atoms with van der Waals surface area (Å²) >= 11 is 0. The molecule has 2 aromatic rings. The molecule has 9 nitrogen and oxygen atoms in total. The van der Waals surface area contributed by atoms with Gasteiger partial charge in [-0.2, -0.15) is 4.98 Å². The van der Waals surface area contributed by atoms with E-state index in [-0.39, 0.29) is 18.4 Å². The predicted octanol–water partition coefficient (Wildman–Crippen LogP) is 1.41. The Hall–Kier alpha value is -2.78. The van der Waals surface area contributed by atoms with Crippen LogP contribution in [0.15, 0.2) is 28.8 Å². The highest BCUT2D eigenvalue weighted by Crippen LogP contribution is 2.15. The van der Waals surface area contributed by atoms with E-state index < -0.39 is 0 Å². The van der Waals surface area contributed by atoms with Crippen LogP contribution in [0.25, 0.3) is 0 Å². The molecular formula is C22H32N6O3. The number of para-hydroxylation sites is 1. The summed E-state index contributed by atoms with van der Waals surface area (Å²) in [5.74, 6) is 1.24. The van der Waals surface area contributed by atoms with Gasteiger partial charge >= 0.3 is 0 Å². The molecule has 2 heterocycles. The molecule has 1 aliphatic heterocycles. The molecule has 1 aliphatic rings. The number of likely N-dealkylation sites (N-methyl/N-ethyl adjacent to an activating group) is 1. The standard InChI is InChI=1S/C22H32N6O3/c1-4-17-8-6-7-9-18(17)23-20(29)14-27-10-12-28(13-11-27)22(30)16-26(3)15-21-24-19(5-2)25-31-21/h6-9H,4-5,10-16H2,1-3H3,(H,23,29). The summed E-state index contributed by atoms with van der Waals surface area (Å²) in [4.78, 5) is 35.2. The van der Waals surface area contributed by atoms with Gasteiger partial charge in [-0.3, -0.25) is 19.4 Å². The molecule has 0 saturated carbocycles. The van der Waals surface area contributed by atoms with Crippen LogP contribution in [0.5, 0.6) is 0 Å². The lowest BCUT2D eigenvalue weighted by molar-refractivity contribution is -0.134. The molecule has 0 radical (unpaired) electrons. The number of anilines is 1. The van der Waals surface area contributed by atoms with Crippen molar-refractivity contribution in [3.63, 3.8) is 0 Å². The average Bonchev–Trinajstić information content (AvgIpc) is 3.21. The minimum Gasteiger partial charge on any atom is -0.339 e. The highest BCUT2D eigenvalue weighted by atomic mass is 16.5. The van der Waals surface area contributed by atoms with Crippen LogP contribution in [0.4, 0.5) is 5.69 Å². The Morgan fingerprint density at radius 3 is 2.55 bits per heavy atom. The Morgan fingerprint density at radius 2 is 1.87 bits per heavy atom. The number of nitrogens with one attached hydrogen (secondary N) is 1. The molecule has 0 spiro atoms. The molecule has 168 valence electrons. The van der Waals surface area contributed by atoms with Gasteiger partial charge in [-0.15, -0.1) is 0 Å². The molecule has 1 fully saturated rings. The molecule has 0 aliphatic carbocycles. The van der Waals surface area contributed by atoms with Crippen molar-refractivity contribution in [3.8, 4) is 0 Å². The number of nitrogens with zero attached hydrogens (tertiary/aromatic N) is 5. The van der Waals surface area contributed by atoms with Crippen LogP contribution in [0, 0.1) is 0 Å². The van der Waals surface area contributed by atoms with Crippen LogP contribution in [0.2, 0.25) is 0 Å². The second kappa shape index (κ2) is 11.0.